The topological polar surface area (TPSA) is 52.9 Å². The summed E-state index contributed by atoms with van der Waals surface area (Å²) in [5, 5.41) is 16.2. The molecule has 0 radical (unpaired) electrons. The van der Waals surface area contributed by atoms with Gasteiger partial charge in [0.25, 0.3) is 0 Å². The standard InChI is InChI=1S/C17H14Cl2N2O2/c18-13-4-1-12(15(19)10-13)9-17(23)21-8-7-16(20-21)11-2-5-14(22)6-3-11/h1-6,10,22H,7-9H2. The molecule has 0 aliphatic carbocycles. The number of phenolic OH excluding ortho intramolecular Hbond substituents is 1. The van der Waals surface area contributed by atoms with E-state index in [1.807, 2.05) is 0 Å². The zero-order valence-corrected chi connectivity index (χ0v) is 13.7. The fraction of sp³-hybridized carbons (Fsp3) is 0.176. The van der Waals surface area contributed by atoms with Crippen LogP contribution in [0, 0.1) is 0 Å². The monoisotopic (exact) mass is 348 g/mol. The van der Waals surface area contributed by atoms with Crippen molar-refractivity contribution in [1.29, 1.82) is 0 Å². The van der Waals surface area contributed by atoms with Crippen LogP contribution in [-0.4, -0.2) is 28.3 Å². The summed E-state index contributed by atoms with van der Waals surface area (Å²) in [6, 6.07) is 11.9. The fourth-order valence-electron chi connectivity index (χ4n) is 2.41. The van der Waals surface area contributed by atoms with Crippen LogP contribution in [0.5, 0.6) is 5.75 Å². The van der Waals surface area contributed by atoms with Gasteiger partial charge >= 0.3 is 0 Å². The van der Waals surface area contributed by atoms with Crippen molar-refractivity contribution < 1.29 is 9.90 Å². The summed E-state index contributed by atoms with van der Waals surface area (Å²) in [4.78, 5) is 12.4. The molecule has 0 saturated carbocycles. The number of rotatable bonds is 3. The number of hydrogen-bond acceptors (Lipinski definition) is 3. The van der Waals surface area contributed by atoms with Crippen molar-refractivity contribution in [2.45, 2.75) is 12.8 Å². The molecule has 2 aromatic carbocycles. The number of aromatic hydroxyl groups is 1. The number of carbonyl (C=O) groups excluding carboxylic acids is 1. The number of amides is 1. The van der Waals surface area contributed by atoms with Gasteiger partial charge in [0.2, 0.25) is 5.91 Å². The van der Waals surface area contributed by atoms with Crippen molar-refractivity contribution in [1.82, 2.24) is 5.01 Å². The summed E-state index contributed by atoms with van der Waals surface area (Å²) in [6.07, 6.45) is 0.868. The number of nitrogens with zero attached hydrogens (tertiary/aromatic N) is 2. The number of hydrogen-bond donors (Lipinski definition) is 1. The minimum atomic E-state index is -0.108. The van der Waals surface area contributed by atoms with Crippen molar-refractivity contribution in [3.8, 4) is 5.75 Å². The van der Waals surface area contributed by atoms with Gasteiger partial charge in [-0.25, -0.2) is 5.01 Å². The zero-order chi connectivity index (χ0) is 16.4. The van der Waals surface area contributed by atoms with Crippen molar-refractivity contribution in [2.24, 2.45) is 5.10 Å². The molecule has 0 unspecified atom stereocenters. The van der Waals surface area contributed by atoms with Crippen LogP contribution in [0.15, 0.2) is 47.6 Å². The lowest BCUT2D eigenvalue weighted by Gasteiger charge is -2.12. The predicted octanol–water partition coefficient (Wildman–Crippen LogP) is 3.88. The Kier molecular flexibility index (Phi) is 4.55. The molecule has 118 valence electrons. The van der Waals surface area contributed by atoms with Crippen molar-refractivity contribution >= 4 is 34.8 Å². The molecule has 0 saturated heterocycles. The second-order valence-electron chi connectivity index (χ2n) is 5.27. The number of benzene rings is 2. The maximum atomic E-state index is 12.4. The lowest BCUT2D eigenvalue weighted by Crippen LogP contribution is -2.25. The summed E-state index contributed by atoms with van der Waals surface area (Å²) in [7, 11) is 0. The molecule has 4 nitrogen and oxygen atoms in total. The first kappa shape index (κ1) is 15.8. The van der Waals surface area contributed by atoms with Gasteiger partial charge in [0, 0.05) is 16.5 Å². The maximum Gasteiger partial charge on any atom is 0.247 e. The SMILES string of the molecule is O=C(Cc1ccc(Cl)cc1Cl)N1CCC(c2ccc(O)cc2)=N1. The van der Waals surface area contributed by atoms with Gasteiger partial charge in [0.05, 0.1) is 18.7 Å². The Bertz CT molecular complexity index is 773. The lowest BCUT2D eigenvalue weighted by molar-refractivity contribution is -0.130. The maximum absolute atomic E-state index is 12.4. The highest BCUT2D eigenvalue weighted by molar-refractivity contribution is 6.35. The van der Waals surface area contributed by atoms with Gasteiger partial charge in [-0.1, -0.05) is 29.3 Å². The molecule has 0 spiro atoms. The van der Waals surface area contributed by atoms with E-state index in [1.54, 1.807) is 42.5 Å². The number of hydrazone groups is 1. The van der Waals surface area contributed by atoms with Gasteiger partial charge < -0.3 is 5.11 Å². The largest absolute Gasteiger partial charge is 0.508 e. The van der Waals surface area contributed by atoms with E-state index in [0.717, 1.165) is 16.8 Å². The molecule has 0 aromatic heterocycles. The van der Waals surface area contributed by atoms with E-state index in [9.17, 15) is 9.90 Å². The first-order chi connectivity index (χ1) is 11.0. The summed E-state index contributed by atoms with van der Waals surface area (Å²) in [5.41, 5.74) is 2.47. The highest BCUT2D eigenvalue weighted by atomic mass is 35.5. The van der Waals surface area contributed by atoms with Crippen LogP contribution in [0.4, 0.5) is 0 Å². The molecule has 3 rings (SSSR count). The molecule has 1 amide bonds. The quantitative estimate of drug-likeness (QED) is 0.914. The van der Waals surface area contributed by atoms with Crippen LogP contribution in [0.1, 0.15) is 17.5 Å². The van der Waals surface area contributed by atoms with Gasteiger partial charge in [-0.05, 0) is 47.5 Å². The van der Waals surface area contributed by atoms with E-state index in [-0.39, 0.29) is 18.1 Å². The first-order valence-electron chi connectivity index (χ1n) is 7.14. The molecule has 23 heavy (non-hydrogen) atoms. The minimum Gasteiger partial charge on any atom is -0.508 e. The molecule has 1 aliphatic heterocycles. The van der Waals surface area contributed by atoms with Crippen molar-refractivity contribution in [2.75, 3.05) is 6.54 Å². The number of phenols is 1. The Hall–Kier alpha value is -2.04. The van der Waals surface area contributed by atoms with E-state index < -0.39 is 0 Å². The van der Waals surface area contributed by atoms with E-state index in [0.29, 0.717) is 23.0 Å². The Morgan fingerprint density at radius 1 is 1.17 bits per heavy atom. The number of halogens is 2. The van der Waals surface area contributed by atoms with Gasteiger partial charge in [-0.15, -0.1) is 0 Å². The Morgan fingerprint density at radius 2 is 1.91 bits per heavy atom. The average Bonchev–Trinajstić information content (AvgIpc) is 3.01. The van der Waals surface area contributed by atoms with Gasteiger partial charge in [0.1, 0.15) is 5.75 Å². The third-order valence-electron chi connectivity index (χ3n) is 3.65. The van der Waals surface area contributed by atoms with Crippen LogP contribution in [0.25, 0.3) is 0 Å². The van der Waals surface area contributed by atoms with E-state index in [2.05, 4.69) is 5.10 Å². The lowest BCUT2D eigenvalue weighted by atomic mass is 10.1. The van der Waals surface area contributed by atoms with Gasteiger partial charge in [-0.2, -0.15) is 5.10 Å². The molecule has 1 N–H and O–H groups in total. The zero-order valence-electron chi connectivity index (χ0n) is 12.2. The van der Waals surface area contributed by atoms with Crippen LogP contribution in [0.2, 0.25) is 10.0 Å². The summed E-state index contributed by atoms with van der Waals surface area (Å²) < 4.78 is 0. The van der Waals surface area contributed by atoms with Crippen LogP contribution >= 0.6 is 23.2 Å². The van der Waals surface area contributed by atoms with E-state index in [1.165, 1.54) is 5.01 Å². The predicted molar refractivity (Wildman–Crippen MR) is 91.1 cm³/mol. The van der Waals surface area contributed by atoms with Crippen molar-refractivity contribution in [3.63, 3.8) is 0 Å². The second-order valence-corrected chi connectivity index (χ2v) is 6.12. The molecular formula is C17H14Cl2N2O2. The Morgan fingerprint density at radius 3 is 2.61 bits per heavy atom. The normalized spacial score (nSPS) is 14.0. The third-order valence-corrected chi connectivity index (χ3v) is 4.23. The molecule has 0 atom stereocenters. The molecule has 1 heterocycles. The number of carbonyl (C=O) groups is 1. The van der Waals surface area contributed by atoms with E-state index in [4.69, 9.17) is 23.2 Å². The molecule has 0 fully saturated rings. The van der Waals surface area contributed by atoms with Crippen LogP contribution < -0.4 is 0 Å². The Labute approximate surface area is 143 Å². The summed E-state index contributed by atoms with van der Waals surface area (Å²) in [5.74, 6) is 0.0978. The van der Waals surface area contributed by atoms with Gasteiger partial charge in [0.15, 0.2) is 0 Å². The van der Waals surface area contributed by atoms with Crippen LogP contribution in [0.3, 0.4) is 0 Å². The van der Waals surface area contributed by atoms with E-state index >= 15 is 0 Å². The molecular weight excluding hydrogens is 335 g/mol. The molecule has 2 aromatic rings. The minimum absolute atomic E-state index is 0.108. The highest BCUT2D eigenvalue weighted by Gasteiger charge is 2.22. The average molecular weight is 349 g/mol. The molecule has 6 heteroatoms. The highest BCUT2D eigenvalue weighted by Crippen LogP contribution is 2.23. The molecule has 0 bridgehead atoms. The van der Waals surface area contributed by atoms with Crippen molar-refractivity contribution in [3.05, 3.63) is 63.6 Å². The van der Waals surface area contributed by atoms with Gasteiger partial charge in [-0.3, -0.25) is 4.79 Å². The van der Waals surface area contributed by atoms with Crippen LogP contribution in [-0.2, 0) is 11.2 Å². The third kappa shape index (κ3) is 3.66. The first-order valence-corrected chi connectivity index (χ1v) is 7.90. The summed E-state index contributed by atoms with van der Waals surface area (Å²) >= 11 is 12.0. The summed E-state index contributed by atoms with van der Waals surface area (Å²) in [6.45, 7) is 0.542. The Balaban J connectivity index is 1.72. The second kappa shape index (κ2) is 6.60. The fourth-order valence-corrected chi connectivity index (χ4v) is 2.89. The smallest absolute Gasteiger partial charge is 0.247 e. The molecule has 1 aliphatic rings.